The number of ether oxygens (including phenoxy) is 1. The number of carbonyl (C=O) groups excluding carboxylic acids is 3. The monoisotopic (exact) mass is 301 g/mol. The Hall–Kier alpha value is -2.67. The first-order chi connectivity index (χ1) is 10.5. The highest BCUT2D eigenvalue weighted by atomic mass is 16.5. The van der Waals surface area contributed by atoms with E-state index < -0.39 is 41.9 Å². The number of amides is 1. The predicted molar refractivity (Wildman–Crippen MR) is 69.2 cm³/mol. The second-order valence-electron chi connectivity index (χ2n) is 5.17. The second kappa shape index (κ2) is 5.27. The maximum Gasteiger partial charge on any atom is 0.231 e. The Bertz CT molecular complexity index is 665. The van der Waals surface area contributed by atoms with Gasteiger partial charge in [0.2, 0.25) is 5.91 Å². The summed E-state index contributed by atoms with van der Waals surface area (Å²) in [5, 5.41) is 24.4. The third-order valence-electron chi connectivity index (χ3n) is 3.86. The molecule has 0 unspecified atom stereocenters. The molecule has 0 aliphatic carbocycles. The van der Waals surface area contributed by atoms with Crippen LogP contribution in [0.25, 0.3) is 0 Å². The SMILES string of the molecule is O=C([O-])c1ccc(NC(=O)[C@@H]2[C@@H](C(=O)[O-])[C@H]3C=C[C@@H]2O3)cc1. The van der Waals surface area contributed by atoms with Gasteiger partial charge in [0.1, 0.15) is 0 Å². The van der Waals surface area contributed by atoms with E-state index in [0.717, 1.165) is 0 Å². The third kappa shape index (κ3) is 2.35. The van der Waals surface area contributed by atoms with Gasteiger partial charge in [0.15, 0.2) is 0 Å². The Kier molecular flexibility index (Phi) is 3.42. The van der Waals surface area contributed by atoms with Crippen molar-refractivity contribution in [2.75, 3.05) is 5.32 Å². The maximum absolute atomic E-state index is 12.3. The van der Waals surface area contributed by atoms with Crippen LogP contribution >= 0.6 is 0 Å². The molecule has 7 nitrogen and oxygen atoms in total. The number of carboxylic acid groups (broad SMARTS) is 2. The lowest BCUT2D eigenvalue weighted by Crippen LogP contribution is -2.45. The molecule has 2 bridgehead atoms. The zero-order chi connectivity index (χ0) is 15.9. The molecule has 0 aromatic heterocycles. The number of carbonyl (C=O) groups is 3. The molecule has 7 heteroatoms. The molecule has 114 valence electrons. The van der Waals surface area contributed by atoms with Gasteiger partial charge in [-0.3, -0.25) is 4.79 Å². The molecule has 0 radical (unpaired) electrons. The first-order valence-corrected chi connectivity index (χ1v) is 6.64. The summed E-state index contributed by atoms with van der Waals surface area (Å²) in [7, 11) is 0. The molecule has 2 aliphatic rings. The van der Waals surface area contributed by atoms with Crippen LogP contribution in [0.1, 0.15) is 10.4 Å². The fourth-order valence-electron chi connectivity index (χ4n) is 2.82. The van der Waals surface area contributed by atoms with E-state index in [0.29, 0.717) is 5.69 Å². The molecular weight excluding hydrogens is 290 g/mol. The van der Waals surface area contributed by atoms with E-state index in [1.54, 1.807) is 12.2 Å². The fourth-order valence-corrected chi connectivity index (χ4v) is 2.82. The summed E-state index contributed by atoms with van der Waals surface area (Å²) in [6.07, 6.45) is 2.04. The standard InChI is InChI=1S/C15H13NO6/c17-13(16-8-3-1-7(2-4-8)14(18)19)11-9-5-6-10(22-9)12(11)15(20)21/h1-6,9-12H,(H,16,17)(H,18,19)(H,20,21)/p-2/t9-,10+,11-,12-/m0/s1. The molecule has 2 aliphatic heterocycles. The van der Waals surface area contributed by atoms with Crippen molar-refractivity contribution < 1.29 is 29.3 Å². The molecule has 0 saturated carbocycles. The summed E-state index contributed by atoms with van der Waals surface area (Å²) in [5.74, 6) is -5.06. The van der Waals surface area contributed by atoms with Gasteiger partial charge < -0.3 is 29.9 Å². The highest BCUT2D eigenvalue weighted by Crippen LogP contribution is 2.39. The smallest absolute Gasteiger partial charge is 0.231 e. The van der Waals surface area contributed by atoms with Crippen molar-refractivity contribution in [3.8, 4) is 0 Å². The molecular formula is C15H11NO6-2. The van der Waals surface area contributed by atoms with E-state index in [9.17, 15) is 24.6 Å². The van der Waals surface area contributed by atoms with Crippen LogP contribution in [0.5, 0.6) is 0 Å². The number of rotatable bonds is 4. The van der Waals surface area contributed by atoms with Crippen LogP contribution in [-0.4, -0.2) is 30.1 Å². The van der Waals surface area contributed by atoms with E-state index in [-0.39, 0.29) is 5.56 Å². The largest absolute Gasteiger partial charge is 0.550 e. The zero-order valence-corrected chi connectivity index (χ0v) is 11.2. The Morgan fingerprint density at radius 3 is 2.09 bits per heavy atom. The van der Waals surface area contributed by atoms with E-state index in [4.69, 9.17) is 4.74 Å². The molecule has 1 saturated heterocycles. The van der Waals surface area contributed by atoms with E-state index >= 15 is 0 Å². The molecule has 1 fully saturated rings. The highest BCUT2D eigenvalue weighted by molar-refractivity contribution is 5.97. The lowest BCUT2D eigenvalue weighted by molar-refractivity contribution is -0.313. The topological polar surface area (TPSA) is 119 Å². The van der Waals surface area contributed by atoms with Crippen LogP contribution in [0.15, 0.2) is 36.4 Å². The molecule has 1 amide bonds. The van der Waals surface area contributed by atoms with E-state index in [2.05, 4.69) is 5.32 Å². The maximum atomic E-state index is 12.3. The number of aromatic carboxylic acids is 1. The van der Waals surface area contributed by atoms with Gasteiger partial charge in [-0.1, -0.05) is 24.3 Å². The van der Waals surface area contributed by atoms with Gasteiger partial charge >= 0.3 is 0 Å². The average molecular weight is 301 g/mol. The summed E-state index contributed by atoms with van der Waals surface area (Å²) in [6.45, 7) is 0. The summed E-state index contributed by atoms with van der Waals surface area (Å²) >= 11 is 0. The Balaban J connectivity index is 1.75. The van der Waals surface area contributed by atoms with Crippen molar-refractivity contribution in [3.63, 3.8) is 0 Å². The van der Waals surface area contributed by atoms with Gasteiger partial charge in [-0.2, -0.15) is 0 Å². The minimum Gasteiger partial charge on any atom is -0.550 e. The molecule has 22 heavy (non-hydrogen) atoms. The van der Waals surface area contributed by atoms with Crippen molar-refractivity contribution in [3.05, 3.63) is 42.0 Å². The van der Waals surface area contributed by atoms with Crippen molar-refractivity contribution in [2.45, 2.75) is 12.2 Å². The minimum absolute atomic E-state index is 0.0169. The second-order valence-corrected chi connectivity index (χ2v) is 5.17. The molecule has 1 aromatic carbocycles. The summed E-state index contributed by atoms with van der Waals surface area (Å²) in [5.41, 5.74) is 0.343. The van der Waals surface area contributed by atoms with E-state index in [1.165, 1.54) is 24.3 Å². The van der Waals surface area contributed by atoms with Crippen molar-refractivity contribution in [2.24, 2.45) is 11.8 Å². The first-order valence-electron chi connectivity index (χ1n) is 6.64. The number of hydrogen-bond donors (Lipinski definition) is 1. The van der Waals surface area contributed by atoms with Gasteiger partial charge in [0, 0.05) is 17.6 Å². The highest BCUT2D eigenvalue weighted by Gasteiger charge is 2.50. The quantitative estimate of drug-likeness (QED) is 0.663. The summed E-state index contributed by atoms with van der Waals surface area (Å²) in [4.78, 5) is 34.1. The first kappa shape index (κ1) is 14.3. The Labute approximate surface area is 125 Å². The summed E-state index contributed by atoms with van der Waals surface area (Å²) in [6, 6.07) is 5.39. The molecule has 2 heterocycles. The van der Waals surface area contributed by atoms with Gasteiger partial charge in [-0.25, -0.2) is 0 Å². The van der Waals surface area contributed by atoms with E-state index in [1.807, 2.05) is 0 Å². The third-order valence-corrected chi connectivity index (χ3v) is 3.86. The molecule has 1 aromatic rings. The number of benzene rings is 1. The van der Waals surface area contributed by atoms with Crippen LogP contribution in [0, 0.1) is 11.8 Å². The van der Waals surface area contributed by atoms with Gasteiger partial charge in [-0.05, 0) is 17.7 Å². The Morgan fingerprint density at radius 2 is 1.55 bits per heavy atom. The van der Waals surface area contributed by atoms with Crippen molar-refractivity contribution in [1.82, 2.24) is 0 Å². The Morgan fingerprint density at radius 1 is 0.955 bits per heavy atom. The normalized spacial score (nSPS) is 28.5. The van der Waals surface area contributed by atoms with Crippen molar-refractivity contribution >= 4 is 23.5 Å². The van der Waals surface area contributed by atoms with Crippen molar-refractivity contribution in [1.29, 1.82) is 0 Å². The zero-order valence-electron chi connectivity index (χ0n) is 11.2. The molecule has 4 atom stereocenters. The van der Waals surface area contributed by atoms with Crippen LogP contribution in [0.2, 0.25) is 0 Å². The number of nitrogens with one attached hydrogen (secondary N) is 1. The van der Waals surface area contributed by atoms with Gasteiger partial charge in [0.05, 0.1) is 24.1 Å². The predicted octanol–water partition coefficient (Wildman–Crippen LogP) is -1.69. The van der Waals surface area contributed by atoms with Crippen LogP contribution in [-0.2, 0) is 14.3 Å². The minimum atomic E-state index is -1.33. The molecule has 0 spiro atoms. The van der Waals surface area contributed by atoms with Gasteiger partial charge in [0.25, 0.3) is 0 Å². The number of anilines is 1. The number of fused-ring (bicyclic) bond motifs is 2. The summed E-state index contributed by atoms with van der Waals surface area (Å²) < 4.78 is 5.39. The van der Waals surface area contributed by atoms with Crippen LogP contribution < -0.4 is 15.5 Å². The number of hydrogen-bond acceptors (Lipinski definition) is 6. The lowest BCUT2D eigenvalue weighted by atomic mass is 9.82. The lowest BCUT2D eigenvalue weighted by Gasteiger charge is -2.25. The van der Waals surface area contributed by atoms with Crippen LogP contribution in [0.4, 0.5) is 5.69 Å². The fraction of sp³-hybridized carbons (Fsp3) is 0.267. The number of carboxylic acids is 2. The molecule has 1 N–H and O–H groups in total. The van der Waals surface area contributed by atoms with Crippen LogP contribution in [0.3, 0.4) is 0 Å². The average Bonchev–Trinajstić information content (AvgIpc) is 3.08. The van der Waals surface area contributed by atoms with Gasteiger partial charge in [-0.15, -0.1) is 0 Å². The molecule has 3 rings (SSSR count). The number of aliphatic carboxylic acids is 1.